The molecule has 1 unspecified atom stereocenters. The topological polar surface area (TPSA) is 79.4 Å². The van der Waals surface area contributed by atoms with E-state index in [9.17, 15) is 18.1 Å². The van der Waals surface area contributed by atoms with Crippen molar-refractivity contribution < 1.29 is 27.8 Å². The van der Waals surface area contributed by atoms with E-state index in [0.717, 1.165) is 18.8 Å². The van der Waals surface area contributed by atoms with Crippen LogP contribution in [-0.4, -0.2) is 29.3 Å². The number of hydrogen-bond donors (Lipinski definition) is 2. The number of carbonyl (C=O) groups is 1. The van der Waals surface area contributed by atoms with Crippen LogP contribution in [0.1, 0.15) is 23.0 Å². The average molecular weight is 317 g/mol. The highest BCUT2D eigenvalue weighted by Gasteiger charge is 2.49. The number of aromatic amines is 1. The minimum Gasteiger partial charge on any atom is -0.477 e. The molecular weight excluding hydrogens is 303 g/mol. The van der Waals surface area contributed by atoms with Gasteiger partial charge in [-0.05, 0) is 25.1 Å². The van der Waals surface area contributed by atoms with Crippen LogP contribution in [0.5, 0.6) is 0 Å². The van der Waals surface area contributed by atoms with Crippen molar-refractivity contribution in [3.8, 4) is 0 Å². The first-order valence-corrected chi connectivity index (χ1v) is 8.22. The predicted molar refractivity (Wildman–Crippen MR) is 74.3 cm³/mol. The van der Waals surface area contributed by atoms with Crippen LogP contribution in [0, 0.1) is 0 Å². The van der Waals surface area contributed by atoms with Crippen LogP contribution >= 0.6 is 7.37 Å². The SMILES string of the molecule is CCOP(C)(=O)C(F)(F)c1ccc2[nH]c(C(=O)O)cc2c1. The molecule has 114 valence electrons. The standard InChI is InChI=1S/C13H14F2NO4P/c1-3-20-21(2,19)13(14,15)9-4-5-10-8(6-9)7-11(16-10)12(17)18/h4-7,16H,3H2,1-2H3,(H,17,18). The Balaban J connectivity index is 2.51. The molecule has 0 saturated carbocycles. The molecule has 0 amide bonds. The average Bonchev–Trinajstić information content (AvgIpc) is 2.81. The first kappa shape index (κ1) is 15.7. The number of halogens is 2. The van der Waals surface area contributed by atoms with Gasteiger partial charge < -0.3 is 14.6 Å². The zero-order valence-electron chi connectivity index (χ0n) is 11.4. The highest BCUT2D eigenvalue weighted by Crippen LogP contribution is 2.63. The fraction of sp³-hybridized carbons (Fsp3) is 0.308. The van der Waals surface area contributed by atoms with Gasteiger partial charge in [0.25, 0.3) is 7.37 Å². The zero-order valence-corrected chi connectivity index (χ0v) is 12.3. The maximum atomic E-state index is 14.3. The molecule has 1 aromatic carbocycles. The molecule has 1 heterocycles. The Labute approximate surface area is 119 Å². The predicted octanol–water partition coefficient (Wildman–Crippen LogP) is 3.86. The Morgan fingerprint density at radius 2 is 2.10 bits per heavy atom. The van der Waals surface area contributed by atoms with Gasteiger partial charge in [0, 0.05) is 23.1 Å². The second kappa shape index (κ2) is 5.24. The fourth-order valence-corrected chi connectivity index (χ4v) is 3.26. The largest absolute Gasteiger partial charge is 0.477 e. The van der Waals surface area contributed by atoms with Gasteiger partial charge in [-0.1, -0.05) is 6.07 Å². The molecule has 2 N–H and O–H groups in total. The summed E-state index contributed by atoms with van der Waals surface area (Å²) in [6.07, 6.45) is 0. The lowest BCUT2D eigenvalue weighted by Gasteiger charge is -2.23. The quantitative estimate of drug-likeness (QED) is 0.821. The third kappa shape index (κ3) is 2.71. The van der Waals surface area contributed by atoms with Gasteiger partial charge in [0.15, 0.2) is 0 Å². The molecule has 2 aromatic rings. The van der Waals surface area contributed by atoms with E-state index in [4.69, 9.17) is 9.63 Å². The molecule has 0 radical (unpaired) electrons. The Morgan fingerprint density at radius 3 is 2.67 bits per heavy atom. The van der Waals surface area contributed by atoms with Gasteiger partial charge >= 0.3 is 11.6 Å². The summed E-state index contributed by atoms with van der Waals surface area (Å²) < 4.78 is 45.3. The Morgan fingerprint density at radius 1 is 1.43 bits per heavy atom. The summed E-state index contributed by atoms with van der Waals surface area (Å²) in [6.45, 7) is 2.29. The number of H-pyrrole nitrogens is 1. The third-order valence-corrected chi connectivity index (χ3v) is 5.11. The maximum Gasteiger partial charge on any atom is 0.352 e. The van der Waals surface area contributed by atoms with E-state index >= 15 is 0 Å². The van der Waals surface area contributed by atoms with Gasteiger partial charge in [0.1, 0.15) is 5.69 Å². The number of rotatable bonds is 5. The monoisotopic (exact) mass is 317 g/mol. The van der Waals surface area contributed by atoms with Crippen LogP contribution in [0.4, 0.5) is 8.78 Å². The summed E-state index contributed by atoms with van der Waals surface area (Å²) in [7, 11) is -4.17. The van der Waals surface area contributed by atoms with Crippen molar-refractivity contribution in [2.24, 2.45) is 0 Å². The number of hydrogen-bond acceptors (Lipinski definition) is 3. The lowest BCUT2D eigenvalue weighted by atomic mass is 10.1. The lowest BCUT2D eigenvalue weighted by molar-refractivity contribution is 0.0683. The minimum atomic E-state index is -4.17. The van der Waals surface area contributed by atoms with Crippen LogP contribution in [-0.2, 0) is 14.8 Å². The molecule has 0 aliphatic rings. The smallest absolute Gasteiger partial charge is 0.352 e. The molecule has 0 spiro atoms. The molecule has 0 saturated heterocycles. The minimum absolute atomic E-state index is 0.0844. The zero-order chi connectivity index (χ0) is 15.8. The van der Waals surface area contributed by atoms with E-state index in [1.54, 1.807) is 0 Å². The van der Waals surface area contributed by atoms with Gasteiger partial charge in [-0.15, -0.1) is 0 Å². The third-order valence-electron chi connectivity index (χ3n) is 3.08. The number of carboxylic acids is 1. The lowest BCUT2D eigenvalue weighted by Crippen LogP contribution is -2.15. The Bertz CT molecular complexity index is 741. The number of fused-ring (bicyclic) bond motifs is 1. The molecule has 8 heteroatoms. The van der Waals surface area contributed by atoms with E-state index < -0.39 is 24.6 Å². The molecule has 0 aliphatic carbocycles. The molecule has 2 rings (SSSR count). The van der Waals surface area contributed by atoms with Crippen molar-refractivity contribution in [2.45, 2.75) is 12.6 Å². The fourth-order valence-electron chi connectivity index (χ4n) is 2.00. The molecule has 1 atom stereocenters. The summed E-state index contributed by atoms with van der Waals surface area (Å²) in [4.78, 5) is 13.4. The van der Waals surface area contributed by atoms with E-state index in [1.807, 2.05) is 0 Å². The van der Waals surface area contributed by atoms with Gasteiger partial charge in [-0.25, -0.2) is 4.79 Å². The molecule has 5 nitrogen and oxygen atoms in total. The van der Waals surface area contributed by atoms with Crippen molar-refractivity contribution in [3.63, 3.8) is 0 Å². The number of aromatic carboxylic acids is 1. The van der Waals surface area contributed by atoms with Crippen LogP contribution in [0.15, 0.2) is 24.3 Å². The van der Waals surface area contributed by atoms with Gasteiger partial charge in [-0.2, -0.15) is 8.78 Å². The van der Waals surface area contributed by atoms with E-state index in [1.165, 1.54) is 19.1 Å². The van der Waals surface area contributed by atoms with Crippen molar-refractivity contribution in [1.82, 2.24) is 4.98 Å². The highest BCUT2D eigenvalue weighted by molar-refractivity contribution is 7.59. The van der Waals surface area contributed by atoms with Crippen molar-refractivity contribution in [2.75, 3.05) is 13.3 Å². The van der Waals surface area contributed by atoms with Gasteiger partial charge in [-0.3, -0.25) is 4.57 Å². The molecular formula is C13H14F2NO4P. The second-order valence-electron chi connectivity index (χ2n) is 4.60. The van der Waals surface area contributed by atoms with Crippen LogP contribution in [0.2, 0.25) is 0 Å². The second-order valence-corrected chi connectivity index (χ2v) is 7.11. The molecule has 0 bridgehead atoms. The van der Waals surface area contributed by atoms with Crippen LogP contribution < -0.4 is 0 Å². The normalized spacial score (nSPS) is 15.0. The summed E-state index contributed by atoms with van der Waals surface area (Å²) >= 11 is 0. The Hall–Kier alpha value is -1.72. The number of nitrogens with one attached hydrogen (secondary N) is 1. The summed E-state index contributed by atoms with van der Waals surface area (Å²) in [6, 6.07) is 4.81. The van der Waals surface area contributed by atoms with Crippen molar-refractivity contribution in [1.29, 1.82) is 0 Å². The summed E-state index contributed by atoms with van der Waals surface area (Å²) in [5.41, 5.74) is -3.80. The van der Waals surface area contributed by atoms with E-state index in [0.29, 0.717) is 10.9 Å². The van der Waals surface area contributed by atoms with Crippen molar-refractivity contribution in [3.05, 3.63) is 35.5 Å². The van der Waals surface area contributed by atoms with E-state index in [2.05, 4.69) is 4.98 Å². The Kier molecular flexibility index (Phi) is 3.91. The number of aromatic nitrogens is 1. The number of alkyl halides is 2. The molecule has 1 aromatic heterocycles. The molecule has 0 fully saturated rings. The van der Waals surface area contributed by atoms with Crippen molar-refractivity contribution >= 4 is 24.2 Å². The maximum absolute atomic E-state index is 14.3. The van der Waals surface area contributed by atoms with Gasteiger partial charge in [0.05, 0.1) is 6.61 Å². The molecule has 21 heavy (non-hydrogen) atoms. The van der Waals surface area contributed by atoms with Crippen LogP contribution in [0.25, 0.3) is 10.9 Å². The summed E-state index contributed by atoms with van der Waals surface area (Å²) in [5.74, 6) is -1.19. The number of carboxylic acid groups (broad SMARTS) is 1. The molecule has 0 aliphatic heterocycles. The number of benzene rings is 1. The van der Waals surface area contributed by atoms with Gasteiger partial charge in [0.2, 0.25) is 0 Å². The summed E-state index contributed by atoms with van der Waals surface area (Å²) in [5, 5.41) is 9.18. The van der Waals surface area contributed by atoms with Crippen LogP contribution in [0.3, 0.4) is 0 Å². The highest BCUT2D eigenvalue weighted by atomic mass is 31.2. The first-order valence-electron chi connectivity index (χ1n) is 6.15. The first-order chi connectivity index (χ1) is 9.69. The van der Waals surface area contributed by atoms with E-state index in [-0.39, 0.29) is 12.3 Å².